The van der Waals surface area contributed by atoms with E-state index in [2.05, 4.69) is 227 Å². The van der Waals surface area contributed by atoms with Crippen molar-refractivity contribution in [3.05, 3.63) is 222 Å². The Morgan fingerprint density at radius 3 is 1.50 bits per heavy atom. The summed E-state index contributed by atoms with van der Waals surface area (Å²) in [5.74, 6) is 0. The van der Waals surface area contributed by atoms with Gasteiger partial charge in [0.15, 0.2) is 0 Å². The molecule has 3 aliphatic rings. The minimum absolute atomic E-state index is 0.202. The average molecular weight is 844 g/mol. The fourth-order valence-corrected chi connectivity index (χ4v) is 12.1. The molecule has 0 aliphatic heterocycles. The summed E-state index contributed by atoms with van der Waals surface area (Å²) in [6.07, 6.45) is 0. The zero-order valence-corrected chi connectivity index (χ0v) is 37.4. The van der Waals surface area contributed by atoms with E-state index in [-0.39, 0.29) is 10.8 Å². The number of furan rings is 1. The smallest absolute Gasteiger partial charge is 0.143 e. The number of anilines is 3. The van der Waals surface area contributed by atoms with E-state index in [0.29, 0.717) is 0 Å². The van der Waals surface area contributed by atoms with Crippen molar-refractivity contribution in [1.82, 2.24) is 0 Å². The minimum Gasteiger partial charge on any atom is -0.455 e. The van der Waals surface area contributed by atoms with Gasteiger partial charge in [-0.05, 0) is 137 Å². The summed E-state index contributed by atoms with van der Waals surface area (Å²) < 4.78 is 6.54. The molecular weight excluding hydrogens is 799 g/mol. The van der Waals surface area contributed by atoms with Crippen LogP contribution in [-0.4, -0.2) is 0 Å². The van der Waals surface area contributed by atoms with Crippen molar-refractivity contribution >= 4 is 49.8 Å². The molecule has 0 fully saturated rings. The van der Waals surface area contributed by atoms with Gasteiger partial charge in [0.2, 0.25) is 0 Å². The second-order valence-corrected chi connectivity index (χ2v) is 19.6. The maximum atomic E-state index is 6.54. The molecule has 0 bridgehead atoms. The zero-order valence-electron chi connectivity index (χ0n) is 37.4. The fourth-order valence-electron chi connectivity index (χ4n) is 12.1. The molecule has 0 saturated carbocycles. The molecule has 0 amide bonds. The number of nitrogens with zero attached hydrogens (tertiary/aromatic N) is 1. The summed E-state index contributed by atoms with van der Waals surface area (Å²) in [7, 11) is 0. The lowest BCUT2D eigenvalue weighted by molar-refractivity contribution is 0.660. The van der Waals surface area contributed by atoms with Crippen molar-refractivity contribution < 1.29 is 4.42 Å². The maximum absolute atomic E-state index is 6.54. The third-order valence-corrected chi connectivity index (χ3v) is 15.4. The topological polar surface area (TPSA) is 16.4 Å². The molecule has 1 heterocycles. The van der Waals surface area contributed by atoms with Crippen LogP contribution in [0.25, 0.3) is 99.5 Å². The SMILES string of the molecule is CC1(C)c2cc(-c3ccccc3)ccc2-c2ccc(N(c3ccc4c(c3)C(C)(C)c3cc(-c5cccc6c5oc5ccccc56)ccc3-4)c3ccc4c5c(cccc35)-c3ccccc3-4)cc21. The first-order valence-corrected chi connectivity index (χ1v) is 23.2. The van der Waals surface area contributed by atoms with E-state index in [1.165, 1.54) is 99.9 Å². The van der Waals surface area contributed by atoms with Gasteiger partial charge in [-0.25, -0.2) is 0 Å². The summed E-state index contributed by atoms with van der Waals surface area (Å²) in [6.45, 7) is 9.59. The lowest BCUT2D eigenvalue weighted by Crippen LogP contribution is -2.18. The molecule has 14 rings (SSSR count). The Hall–Kier alpha value is -7.94. The number of hydrogen-bond acceptors (Lipinski definition) is 2. The molecule has 1 aromatic heterocycles. The highest BCUT2D eigenvalue weighted by atomic mass is 16.3. The molecule has 0 radical (unpaired) electrons. The van der Waals surface area contributed by atoms with Gasteiger partial charge in [0, 0.05) is 43.9 Å². The molecule has 11 aromatic rings. The molecule has 10 aromatic carbocycles. The van der Waals surface area contributed by atoms with Crippen LogP contribution < -0.4 is 4.90 Å². The normalized spacial score (nSPS) is 14.3. The number of hydrogen-bond donors (Lipinski definition) is 0. The lowest BCUT2D eigenvalue weighted by Gasteiger charge is -2.30. The molecule has 2 nitrogen and oxygen atoms in total. The molecule has 0 spiro atoms. The third-order valence-electron chi connectivity index (χ3n) is 15.4. The Labute approximate surface area is 385 Å². The van der Waals surface area contributed by atoms with E-state index in [0.717, 1.165) is 38.9 Å². The number of rotatable bonds is 5. The van der Waals surface area contributed by atoms with Crippen molar-refractivity contribution in [2.75, 3.05) is 4.90 Å². The van der Waals surface area contributed by atoms with Gasteiger partial charge in [-0.1, -0.05) is 179 Å². The van der Waals surface area contributed by atoms with Crippen molar-refractivity contribution in [2.45, 2.75) is 38.5 Å². The largest absolute Gasteiger partial charge is 0.455 e. The first kappa shape index (κ1) is 37.4. The van der Waals surface area contributed by atoms with Crippen molar-refractivity contribution in [3.63, 3.8) is 0 Å². The second kappa shape index (κ2) is 13.3. The highest BCUT2D eigenvalue weighted by Gasteiger charge is 2.39. The van der Waals surface area contributed by atoms with Crippen LogP contribution in [0.1, 0.15) is 49.9 Å². The average Bonchev–Trinajstić information content (AvgIpc) is 4.04. The van der Waals surface area contributed by atoms with E-state index in [1.807, 2.05) is 6.07 Å². The van der Waals surface area contributed by atoms with Gasteiger partial charge in [-0.3, -0.25) is 0 Å². The summed E-state index contributed by atoms with van der Waals surface area (Å²) in [5, 5.41) is 4.88. The summed E-state index contributed by atoms with van der Waals surface area (Å²) in [5.41, 5.74) is 25.5. The molecule has 66 heavy (non-hydrogen) atoms. The van der Waals surface area contributed by atoms with Crippen molar-refractivity contribution in [1.29, 1.82) is 0 Å². The second-order valence-electron chi connectivity index (χ2n) is 19.6. The molecule has 0 N–H and O–H groups in total. The molecule has 0 unspecified atom stereocenters. The van der Waals surface area contributed by atoms with Gasteiger partial charge >= 0.3 is 0 Å². The maximum Gasteiger partial charge on any atom is 0.143 e. The molecule has 0 atom stereocenters. The van der Waals surface area contributed by atoms with Crippen LogP contribution in [0.15, 0.2) is 205 Å². The van der Waals surface area contributed by atoms with Gasteiger partial charge in [0.25, 0.3) is 0 Å². The Bertz CT molecular complexity index is 3850. The van der Waals surface area contributed by atoms with Crippen LogP contribution in [0.5, 0.6) is 0 Å². The Morgan fingerprint density at radius 1 is 0.333 bits per heavy atom. The minimum atomic E-state index is -0.258. The number of fused-ring (bicyclic) bond motifs is 12. The number of para-hydroxylation sites is 2. The number of benzene rings is 10. The summed E-state index contributed by atoms with van der Waals surface area (Å²) in [6, 6.07) is 74.6. The van der Waals surface area contributed by atoms with E-state index >= 15 is 0 Å². The Balaban J connectivity index is 0.932. The van der Waals surface area contributed by atoms with Gasteiger partial charge in [0.1, 0.15) is 11.2 Å². The Kier molecular flexibility index (Phi) is 7.55. The van der Waals surface area contributed by atoms with Crippen LogP contribution in [0.4, 0.5) is 17.1 Å². The monoisotopic (exact) mass is 843 g/mol. The summed E-state index contributed by atoms with van der Waals surface area (Å²) >= 11 is 0. The highest BCUT2D eigenvalue weighted by molar-refractivity contribution is 6.19. The predicted octanol–water partition coefficient (Wildman–Crippen LogP) is 17.8. The van der Waals surface area contributed by atoms with Gasteiger partial charge in [-0.15, -0.1) is 0 Å². The van der Waals surface area contributed by atoms with Crippen LogP contribution in [0.2, 0.25) is 0 Å². The molecule has 312 valence electrons. The van der Waals surface area contributed by atoms with Crippen molar-refractivity contribution in [3.8, 4) is 66.8 Å². The molecule has 3 aliphatic carbocycles. The van der Waals surface area contributed by atoms with Crippen LogP contribution in [0, 0.1) is 0 Å². The van der Waals surface area contributed by atoms with Gasteiger partial charge in [-0.2, -0.15) is 0 Å². The highest BCUT2D eigenvalue weighted by Crippen LogP contribution is 2.56. The first-order chi connectivity index (χ1) is 32.2. The standard InChI is InChI=1S/C64H45NO/c1-63(2)55-34-39(38-14-6-5-7-15-38)24-28-46(55)48-30-26-41(36-57(48)63)65(59-33-32-52-45-17-9-8-16-44(45)51-20-13-22-54(59)61(51)52)42-27-31-49-47-29-25-40(35-56(47)64(3,4)58(49)37-42)43-19-12-21-53-50-18-10-11-23-60(50)66-62(43)53/h5-37H,1-4H3. The third kappa shape index (κ3) is 5.07. The van der Waals surface area contributed by atoms with Crippen LogP contribution in [0.3, 0.4) is 0 Å². The lowest BCUT2D eigenvalue weighted by atomic mass is 9.81. The quantitative estimate of drug-likeness (QED) is 0.172. The van der Waals surface area contributed by atoms with Gasteiger partial charge < -0.3 is 9.32 Å². The molecular formula is C64H45NO. The predicted molar refractivity (Wildman–Crippen MR) is 276 cm³/mol. The summed E-state index contributed by atoms with van der Waals surface area (Å²) in [4.78, 5) is 2.54. The van der Waals surface area contributed by atoms with Crippen LogP contribution >= 0.6 is 0 Å². The Morgan fingerprint density at radius 2 is 0.818 bits per heavy atom. The van der Waals surface area contributed by atoms with Crippen LogP contribution in [-0.2, 0) is 10.8 Å². The van der Waals surface area contributed by atoms with E-state index < -0.39 is 0 Å². The first-order valence-electron chi connectivity index (χ1n) is 23.2. The molecule has 2 heteroatoms. The van der Waals surface area contributed by atoms with Gasteiger partial charge in [0.05, 0.1) is 5.69 Å². The van der Waals surface area contributed by atoms with E-state index in [9.17, 15) is 0 Å². The van der Waals surface area contributed by atoms with Crippen molar-refractivity contribution in [2.24, 2.45) is 0 Å². The fraction of sp³-hybridized carbons (Fsp3) is 0.0938. The molecule has 0 saturated heterocycles. The zero-order chi connectivity index (χ0) is 44.1. The van der Waals surface area contributed by atoms with E-state index in [1.54, 1.807) is 0 Å². The van der Waals surface area contributed by atoms with E-state index in [4.69, 9.17) is 4.42 Å².